The Labute approximate surface area is 148 Å². The van der Waals surface area contributed by atoms with Crippen LogP contribution in [0.2, 0.25) is 0 Å². The largest absolute Gasteiger partial charge is 0.427 e. The lowest BCUT2D eigenvalue weighted by Crippen LogP contribution is -2.22. The molecule has 0 saturated heterocycles. The normalized spacial score (nSPS) is 10.3. The van der Waals surface area contributed by atoms with Crippen molar-refractivity contribution in [2.45, 2.75) is 13.5 Å². The minimum atomic E-state index is -0.398. The second-order valence-electron chi connectivity index (χ2n) is 5.19. The molecule has 0 fully saturated rings. The van der Waals surface area contributed by atoms with Gasteiger partial charge < -0.3 is 10.1 Å². The second kappa shape index (κ2) is 7.67. The maximum atomic E-state index is 12.2. The maximum Gasteiger partial charge on any atom is 0.308 e. The summed E-state index contributed by atoms with van der Waals surface area (Å²) < 4.78 is 4.94. The molecule has 1 aromatic carbocycles. The van der Waals surface area contributed by atoms with Crippen LogP contribution in [0.4, 0.5) is 0 Å². The van der Waals surface area contributed by atoms with Crippen molar-refractivity contribution in [3.05, 3.63) is 65.4 Å². The summed E-state index contributed by atoms with van der Waals surface area (Å²) in [5.74, 6) is -0.208. The van der Waals surface area contributed by atoms with Crippen molar-refractivity contribution in [2.24, 2.45) is 0 Å². The highest BCUT2D eigenvalue weighted by Gasteiger charge is 2.09. The Morgan fingerprint density at radius 1 is 1.20 bits per heavy atom. The van der Waals surface area contributed by atoms with Crippen LogP contribution in [-0.4, -0.2) is 21.8 Å². The summed E-state index contributed by atoms with van der Waals surface area (Å²) in [6.07, 6.45) is 3.47. The average Bonchev–Trinajstić information content (AvgIpc) is 3.10. The number of pyridine rings is 1. The van der Waals surface area contributed by atoms with Crippen molar-refractivity contribution < 1.29 is 14.3 Å². The number of amides is 1. The molecule has 2 aromatic heterocycles. The van der Waals surface area contributed by atoms with Gasteiger partial charge in [0.05, 0.1) is 12.2 Å². The Kier molecular flexibility index (Phi) is 5.15. The Morgan fingerprint density at radius 2 is 2.00 bits per heavy atom. The van der Waals surface area contributed by atoms with E-state index in [9.17, 15) is 9.59 Å². The van der Waals surface area contributed by atoms with E-state index in [4.69, 9.17) is 4.74 Å². The molecule has 0 atom stereocenters. The first-order valence-electron chi connectivity index (χ1n) is 7.53. The fraction of sp³-hybridized carbons (Fsp3) is 0.111. The Balaban J connectivity index is 1.59. The molecule has 2 heterocycles. The zero-order valence-corrected chi connectivity index (χ0v) is 14.2. The number of aromatic nitrogens is 2. The molecule has 0 saturated carbocycles. The van der Waals surface area contributed by atoms with E-state index >= 15 is 0 Å². The van der Waals surface area contributed by atoms with E-state index in [1.54, 1.807) is 36.7 Å². The molecule has 1 N–H and O–H groups in total. The van der Waals surface area contributed by atoms with E-state index < -0.39 is 5.97 Å². The number of nitrogens with one attached hydrogen (secondary N) is 1. The number of carbonyl (C=O) groups excluding carboxylic acids is 2. The lowest BCUT2D eigenvalue weighted by atomic mass is 10.2. The molecular formula is C18H15N3O3S. The van der Waals surface area contributed by atoms with E-state index in [-0.39, 0.29) is 5.91 Å². The quantitative estimate of drug-likeness (QED) is 0.563. The lowest BCUT2D eigenvalue weighted by Gasteiger charge is -2.05. The Bertz CT molecular complexity index is 876. The SMILES string of the molecule is CC(=O)Oc1ccc(C(=O)NCc2csc(-c3cccnc3)n2)cc1. The van der Waals surface area contributed by atoms with Gasteiger partial charge in [-0.3, -0.25) is 14.6 Å². The molecule has 0 aliphatic rings. The second-order valence-corrected chi connectivity index (χ2v) is 6.04. The van der Waals surface area contributed by atoms with Crippen LogP contribution < -0.4 is 10.1 Å². The summed E-state index contributed by atoms with van der Waals surface area (Å²) >= 11 is 1.51. The zero-order valence-electron chi connectivity index (χ0n) is 13.4. The van der Waals surface area contributed by atoms with E-state index in [1.165, 1.54) is 18.3 Å². The summed E-state index contributed by atoms with van der Waals surface area (Å²) in [5, 5.41) is 5.60. The number of ether oxygens (including phenoxy) is 1. The topological polar surface area (TPSA) is 81.2 Å². The van der Waals surface area contributed by atoms with Crippen molar-refractivity contribution in [2.75, 3.05) is 0 Å². The standard InChI is InChI=1S/C18H15N3O3S/c1-12(22)24-16-6-4-13(5-7-16)17(23)20-10-15-11-25-18(21-15)14-3-2-8-19-9-14/h2-9,11H,10H2,1H3,(H,20,23). The van der Waals surface area contributed by atoms with E-state index in [2.05, 4.69) is 15.3 Å². The minimum Gasteiger partial charge on any atom is -0.427 e. The van der Waals surface area contributed by atoms with Gasteiger partial charge in [0, 0.05) is 35.8 Å². The molecule has 0 radical (unpaired) electrons. The number of hydrogen-bond acceptors (Lipinski definition) is 6. The summed E-state index contributed by atoms with van der Waals surface area (Å²) in [6, 6.07) is 10.2. The van der Waals surface area contributed by atoms with Crippen LogP contribution >= 0.6 is 11.3 Å². The van der Waals surface area contributed by atoms with Crippen LogP contribution in [0, 0.1) is 0 Å². The molecule has 1 amide bonds. The van der Waals surface area contributed by atoms with Gasteiger partial charge in [-0.2, -0.15) is 0 Å². The number of nitrogens with zero attached hydrogens (tertiary/aromatic N) is 2. The van der Waals surface area contributed by atoms with Gasteiger partial charge >= 0.3 is 5.97 Å². The first-order chi connectivity index (χ1) is 12.1. The third kappa shape index (κ3) is 4.48. The van der Waals surface area contributed by atoms with Crippen molar-refractivity contribution >= 4 is 23.2 Å². The third-order valence-corrected chi connectivity index (χ3v) is 4.21. The molecule has 0 spiro atoms. The molecular weight excluding hydrogens is 338 g/mol. The van der Waals surface area contributed by atoms with Crippen LogP contribution in [0.3, 0.4) is 0 Å². The van der Waals surface area contributed by atoms with Crippen LogP contribution in [0.25, 0.3) is 10.6 Å². The first-order valence-corrected chi connectivity index (χ1v) is 8.41. The van der Waals surface area contributed by atoms with Gasteiger partial charge in [-0.05, 0) is 36.4 Å². The van der Waals surface area contributed by atoms with Gasteiger partial charge in [-0.15, -0.1) is 11.3 Å². The van der Waals surface area contributed by atoms with Crippen molar-refractivity contribution in [1.82, 2.24) is 15.3 Å². The van der Waals surface area contributed by atoms with Crippen molar-refractivity contribution in [1.29, 1.82) is 0 Å². The van der Waals surface area contributed by atoms with Gasteiger partial charge in [-0.1, -0.05) is 0 Å². The predicted molar refractivity (Wildman–Crippen MR) is 94.3 cm³/mol. The predicted octanol–water partition coefficient (Wildman–Crippen LogP) is 3.06. The summed E-state index contributed by atoms with van der Waals surface area (Å²) in [5.41, 5.74) is 2.22. The van der Waals surface area contributed by atoms with Gasteiger partial charge in [0.15, 0.2) is 0 Å². The number of thiazole rings is 1. The number of esters is 1. The van der Waals surface area contributed by atoms with Crippen LogP contribution in [-0.2, 0) is 11.3 Å². The van der Waals surface area contributed by atoms with Gasteiger partial charge in [0.1, 0.15) is 10.8 Å². The maximum absolute atomic E-state index is 12.2. The highest BCUT2D eigenvalue weighted by Crippen LogP contribution is 2.22. The van der Waals surface area contributed by atoms with Crippen molar-refractivity contribution in [3.8, 4) is 16.3 Å². The number of carbonyl (C=O) groups is 2. The molecule has 3 rings (SSSR count). The Hall–Kier alpha value is -3.06. The summed E-state index contributed by atoms with van der Waals surface area (Å²) in [7, 11) is 0. The lowest BCUT2D eigenvalue weighted by molar-refractivity contribution is -0.131. The molecule has 0 aliphatic heterocycles. The molecule has 3 aromatic rings. The highest BCUT2D eigenvalue weighted by molar-refractivity contribution is 7.13. The van der Waals surface area contributed by atoms with Crippen molar-refractivity contribution in [3.63, 3.8) is 0 Å². The van der Waals surface area contributed by atoms with E-state index in [1.807, 2.05) is 17.5 Å². The molecule has 0 bridgehead atoms. The van der Waals surface area contributed by atoms with Crippen LogP contribution in [0.15, 0.2) is 54.2 Å². The molecule has 0 unspecified atom stereocenters. The molecule has 0 aliphatic carbocycles. The van der Waals surface area contributed by atoms with Gasteiger partial charge in [0.25, 0.3) is 5.91 Å². The van der Waals surface area contributed by atoms with Gasteiger partial charge in [-0.25, -0.2) is 4.98 Å². The fourth-order valence-corrected chi connectivity index (χ4v) is 2.93. The van der Waals surface area contributed by atoms with E-state index in [0.29, 0.717) is 17.9 Å². The monoisotopic (exact) mass is 353 g/mol. The number of benzene rings is 1. The molecule has 126 valence electrons. The third-order valence-electron chi connectivity index (χ3n) is 3.27. The average molecular weight is 353 g/mol. The van der Waals surface area contributed by atoms with Crippen LogP contribution in [0.1, 0.15) is 23.0 Å². The molecule has 6 nitrogen and oxygen atoms in total. The van der Waals surface area contributed by atoms with Crippen LogP contribution in [0.5, 0.6) is 5.75 Å². The minimum absolute atomic E-state index is 0.217. The van der Waals surface area contributed by atoms with Gasteiger partial charge in [0.2, 0.25) is 0 Å². The first kappa shape index (κ1) is 16.8. The Morgan fingerprint density at radius 3 is 2.68 bits per heavy atom. The molecule has 25 heavy (non-hydrogen) atoms. The fourth-order valence-electron chi connectivity index (χ4n) is 2.12. The number of rotatable bonds is 5. The smallest absolute Gasteiger partial charge is 0.308 e. The number of hydrogen-bond donors (Lipinski definition) is 1. The highest BCUT2D eigenvalue weighted by atomic mass is 32.1. The molecule has 7 heteroatoms. The van der Waals surface area contributed by atoms with E-state index in [0.717, 1.165) is 16.3 Å². The zero-order chi connectivity index (χ0) is 17.6. The summed E-state index contributed by atoms with van der Waals surface area (Å²) in [6.45, 7) is 1.66. The summed E-state index contributed by atoms with van der Waals surface area (Å²) in [4.78, 5) is 31.6.